The fourth-order valence-electron chi connectivity index (χ4n) is 4.21. The molecule has 0 unspecified atom stereocenters. The van der Waals surface area contributed by atoms with Gasteiger partial charge in [0.1, 0.15) is 13.9 Å². The zero-order valence-electron chi connectivity index (χ0n) is 13.7. The Hall–Kier alpha value is -0.683. The average Bonchev–Trinajstić information content (AvgIpc) is 2.59. The summed E-state index contributed by atoms with van der Waals surface area (Å²) in [6, 6.07) is 4.38. The van der Waals surface area contributed by atoms with Crippen LogP contribution in [0.5, 0.6) is 5.75 Å². The minimum atomic E-state index is -1.45. The van der Waals surface area contributed by atoms with Crippen LogP contribution in [-0.2, 0) is 0 Å². The van der Waals surface area contributed by atoms with E-state index in [4.69, 9.17) is 15.8 Å². The van der Waals surface area contributed by atoms with Gasteiger partial charge in [-0.05, 0) is 55.5 Å². The predicted octanol–water partition coefficient (Wildman–Crippen LogP) is 5.66. The number of benzene rings is 1. The van der Waals surface area contributed by atoms with Crippen molar-refractivity contribution in [2.45, 2.75) is 50.6 Å². The molecule has 24 heavy (non-hydrogen) atoms. The van der Waals surface area contributed by atoms with Crippen molar-refractivity contribution in [3.05, 3.63) is 29.6 Å². The molecule has 0 amide bonds. The highest BCUT2D eigenvalue weighted by Gasteiger charge is 2.31. The van der Waals surface area contributed by atoms with Crippen molar-refractivity contribution in [3.63, 3.8) is 0 Å². The lowest BCUT2D eigenvalue weighted by atomic mass is 9.74. The molecule has 0 aromatic heterocycles. The molecule has 6 heteroatoms. The summed E-state index contributed by atoms with van der Waals surface area (Å²) >= 11 is 6.32. The van der Waals surface area contributed by atoms with Crippen LogP contribution in [0.25, 0.3) is 0 Å². The highest BCUT2D eigenvalue weighted by atomic mass is 35.6. The topological polar surface area (TPSA) is 9.23 Å². The summed E-state index contributed by atoms with van der Waals surface area (Å²) in [6.07, 6.45) is 7.21. The summed E-state index contributed by atoms with van der Waals surface area (Å²) in [6.45, 7) is 0.443. The Morgan fingerprint density at radius 2 is 1.46 bits per heavy atom. The van der Waals surface area contributed by atoms with Gasteiger partial charge < -0.3 is 4.74 Å². The van der Waals surface area contributed by atoms with E-state index in [1.54, 1.807) is 0 Å². The van der Waals surface area contributed by atoms with Gasteiger partial charge in [0.05, 0.1) is 6.61 Å². The molecule has 0 spiro atoms. The fourth-order valence-corrected chi connectivity index (χ4v) is 6.83. The quantitative estimate of drug-likeness (QED) is 0.374. The van der Waals surface area contributed by atoms with Gasteiger partial charge in [-0.3, -0.25) is 0 Å². The standard InChI is InChI=1S/C18H24ClF3OSi/c19-24-7-5-14(6-8-24)13-3-1-12(2-4-13)11-23-15-9-16(20)18(22)17(21)10-15/h9-10,12-14,24H,1-8,11H2. The normalized spacial score (nSPS) is 31.0. The molecular formula is C18H24ClF3OSi. The van der Waals surface area contributed by atoms with E-state index >= 15 is 0 Å². The first kappa shape index (κ1) is 18.1. The molecule has 0 radical (unpaired) electrons. The summed E-state index contributed by atoms with van der Waals surface area (Å²) in [4.78, 5) is 0. The molecule has 134 valence electrons. The first-order valence-corrected chi connectivity index (χ1v) is 12.3. The second kappa shape index (κ2) is 8.13. The third-order valence-electron chi connectivity index (χ3n) is 5.70. The minimum Gasteiger partial charge on any atom is -0.493 e. The molecule has 1 aliphatic heterocycles. The largest absolute Gasteiger partial charge is 0.493 e. The maximum absolute atomic E-state index is 13.2. The molecule has 1 nitrogen and oxygen atoms in total. The summed E-state index contributed by atoms with van der Waals surface area (Å²) in [5, 5.41) is 0. The van der Waals surface area contributed by atoms with Crippen molar-refractivity contribution in [1.29, 1.82) is 0 Å². The average molecular weight is 377 g/mol. The Morgan fingerprint density at radius 1 is 0.917 bits per heavy atom. The minimum absolute atomic E-state index is 0.0684. The lowest BCUT2D eigenvalue weighted by Crippen LogP contribution is -2.28. The van der Waals surface area contributed by atoms with Crippen LogP contribution in [0.3, 0.4) is 0 Å². The van der Waals surface area contributed by atoms with Gasteiger partial charge in [-0.1, -0.05) is 12.8 Å². The van der Waals surface area contributed by atoms with Crippen molar-refractivity contribution in [2.75, 3.05) is 6.61 Å². The van der Waals surface area contributed by atoms with Gasteiger partial charge in [-0.15, -0.1) is 0 Å². The van der Waals surface area contributed by atoms with Crippen LogP contribution in [0.1, 0.15) is 38.5 Å². The second-order valence-electron chi connectivity index (χ2n) is 7.30. The van der Waals surface area contributed by atoms with Crippen molar-refractivity contribution < 1.29 is 17.9 Å². The molecular weight excluding hydrogens is 353 g/mol. The molecule has 1 saturated heterocycles. The van der Waals surface area contributed by atoms with Crippen LogP contribution < -0.4 is 4.74 Å². The molecule has 1 aromatic carbocycles. The molecule has 0 N–H and O–H groups in total. The number of hydrogen-bond acceptors (Lipinski definition) is 1. The molecule has 1 saturated carbocycles. The zero-order valence-corrected chi connectivity index (χ0v) is 15.7. The Bertz CT molecular complexity index is 532. The molecule has 1 aromatic rings. The number of halogens is 4. The van der Waals surface area contributed by atoms with E-state index in [0.29, 0.717) is 12.5 Å². The van der Waals surface area contributed by atoms with E-state index in [0.717, 1.165) is 36.8 Å². The van der Waals surface area contributed by atoms with Gasteiger partial charge in [0, 0.05) is 12.1 Å². The number of rotatable bonds is 4. The summed E-state index contributed by atoms with van der Waals surface area (Å²) in [5.74, 6) is -1.72. The van der Waals surface area contributed by atoms with Crippen LogP contribution in [0.15, 0.2) is 12.1 Å². The first-order chi connectivity index (χ1) is 11.5. The third kappa shape index (κ3) is 4.48. The molecule has 2 aliphatic rings. The maximum atomic E-state index is 13.2. The molecule has 1 aliphatic carbocycles. The van der Waals surface area contributed by atoms with Crippen molar-refractivity contribution in [1.82, 2.24) is 0 Å². The Morgan fingerprint density at radius 3 is 2.04 bits per heavy atom. The van der Waals surface area contributed by atoms with E-state index in [1.165, 1.54) is 37.8 Å². The summed E-state index contributed by atoms with van der Waals surface area (Å²) in [7, 11) is -0.894. The molecule has 0 bridgehead atoms. The van der Waals surface area contributed by atoms with Gasteiger partial charge in [-0.25, -0.2) is 13.2 Å². The molecule has 1 heterocycles. The first-order valence-electron chi connectivity index (χ1n) is 8.94. The van der Waals surface area contributed by atoms with Crippen LogP contribution in [-0.4, -0.2) is 14.7 Å². The van der Waals surface area contributed by atoms with E-state index in [9.17, 15) is 13.2 Å². The third-order valence-corrected chi connectivity index (χ3v) is 8.93. The lowest BCUT2D eigenvalue weighted by molar-refractivity contribution is 0.147. The van der Waals surface area contributed by atoms with Crippen LogP contribution >= 0.6 is 11.1 Å². The maximum Gasteiger partial charge on any atom is 0.194 e. The van der Waals surface area contributed by atoms with Crippen LogP contribution in [0.2, 0.25) is 12.1 Å². The summed E-state index contributed by atoms with van der Waals surface area (Å²) in [5.41, 5.74) is 0. The Labute approximate surface area is 147 Å². The monoisotopic (exact) mass is 376 g/mol. The SMILES string of the molecule is Fc1cc(OCC2CCC(C3CC[SiH](Cl)CC3)CC2)cc(F)c1F. The van der Waals surface area contributed by atoms with Gasteiger partial charge in [0.25, 0.3) is 0 Å². The van der Waals surface area contributed by atoms with Crippen LogP contribution in [0, 0.1) is 35.2 Å². The lowest BCUT2D eigenvalue weighted by Gasteiger charge is -2.36. The van der Waals surface area contributed by atoms with Gasteiger partial charge in [-0.2, -0.15) is 11.1 Å². The number of ether oxygens (including phenoxy) is 1. The van der Waals surface area contributed by atoms with E-state index in [2.05, 4.69) is 0 Å². The smallest absolute Gasteiger partial charge is 0.194 e. The van der Waals surface area contributed by atoms with Gasteiger partial charge in [0.2, 0.25) is 0 Å². The highest BCUT2D eigenvalue weighted by molar-refractivity contribution is 7.07. The molecule has 2 fully saturated rings. The number of hydrogen-bond donors (Lipinski definition) is 0. The second-order valence-corrected chi connectivity index (χ2v) is 11.5. The molecule has 0 atom stereocenters. The van der Waals surface area contributed by atoms with Crippen molar-refractivity contribution in [3.8, 4) is 5.75 Å². The molecule has 3 rings (SSSR count). The van der Waals surface area contributed by atoms with E-state index in [-0.39, 0.29) is 5.75 Å². The van der Waals surface area contributed by atoms with Gasteiger partial charge >= 0.3 is 0 Å². The highest BCUT2D eigenvalue weighted by Crippen LogP contribution is 2.40. The van der Waals surface area contributed by atoms with E-state index in [1.807, 2.05) is 0 Å². The fraction of sp³-hybridized carbons (Fsp3) is 0.667. The van der Waals surface area contributed by atoms with Crippen molar-refractivity contribution in [2.24, 2.45) is 17.8 Å². The summed E-state index contributed by atoms with van der Waals surface area (Å²) < 4.78 is 44.8. The van der Waals surface area contributed by atoms with E-state index < -0.39 is 25.6 Å². The Balaban J connectivity index is 1.44. The zero-order chi connectivity index (χ0) is 17.1. The predicted molar refractivity (Wildman–Crippen MR) is 92.6 cm³/mol. The Kier molecular flexibility index (Phi) is 6.14. The van der Waals surface area contributed by atoms with Gasteiger partial charge in [0.15, 0.2) is 17.5 Å². The van der Waals surface area contributed by atoms with Crippen LogP contribution in [0.4, 0.5) is 13.2 Å². The van der Waals surface area contributed by atoms with Crippen molar-refractivity contribution >= 4 is 19.2 Å².